The second-order valence-electron chi connectivity index (χ2n) is 5.02. The summed E-state index contributed by atoms with van der Waals surface area (Å²) in [5, 5.41) is 0. The van der Waals surface area contributed by atoms with Gasteiger partial charge in [-0.2, -0.15) is 0 Å². The average molecular weight is 248 g/mol. The van der Waals surface area contributed by atoms with Crippen molar-refractivity contribution in [1.29, 1.82) is 0 Å². The molecule has 18 heavy (non-hydrogen) atoms. The first-order valence-corrected chi connectivity index (χ1v) is 6.53. The van der Waals surface area contributed by atoms with Crippen molar-refractivity contribution in [1.82, 2.24) is 0 Å². The number of benzene rings is 1. The van der Waals surface area contributed by atoms with Crippen LogP contribution in [0.25, 0.3) is 0 Å². The van der Waals surface area contributed by atoms with Crippen molar-refractivity contribution >= 4 is 5.78 Å². The molecule has 0 saturated carbocycles. The molecule has 3 nitrogen and oxygen atoms in total. The highest BCUT2D eigenvalue weighted by molar-refractivity contribution is 5.98. The Morgan fingerprint density at radius 2 is 2.22 bits per heavy atom. The molecule has 1 aliphatic heterocycles. The van der Waals surface area contributed by atoms with Gasteiger partial charge in [-0.3, -0.25) is 4.79 Å². The molecule has 1 saturated heterocycles. The van der Waals surface area contributed by atoms with Gasteiger partial charge in [0.25, 0.3) is 0 Å². The van der Waals surface area contributed by atoms with E-state index in [4.69, 9.17) is 9.47 Å². The van der Waals surface area contributed by atoms with Crippen molar-refractivity contribution in [2.75, 3.05) is 13.2 Å². The van der Waals surface area contributed by atoms with Gasteiger partial charge in [0.1, 0.15) is 5.75 Å². The number of rotatable bonds is 5. The number of hydrogen-bond donors (Lipinski definition) is 0. The molecule has 1 unspecified atom stereocenters. The molecule has 1 aromatic rings. The number of para-hydroxylation sites is 1. The number of carbonyl (C=O) groups is 1. The second kappa shape index (κ2) is 6.01. The van der Waals surface area contributed by atoms with E-state index in [9.17, 15) is 4.79 Å². The molecule has 1 atom stereocenters. The Morgan fingerprint density at radius 3 is 2.89 bits per heavy atom. The van der Waals surface area contributed by atoms with Gasteiger partial charge in [0, 0.05) is 19.6 Å². The van der Waals surface area contributed by atoms with E-state index in [0.29, 0.717) is 30.3 Å². The highest BCUT2D eigenvalue weighted by Crippen LogP contribution is 2.25. The van der Waals surface area contributed by atoms with Gasteiger partial charge in [0.2, 0.25) is 0 Å². The van der Waals surface area contributed by atoms with Crippen LogP contribution in [0.5, 0.6) is 5.75 Å². The van der Waals surface area contributed by atoms with Gasteiger partial charge < -0.3 is 9.47 Å². The minimum atomic E-state index is 0.0776. The van der Waals surface area contributed by atoms with E-state index >= 15 is 0 Å². The SMILES string of the molecule is CC(C)Oc1ccccc1C(=O)CC1CCOC1. The molecule has 0 aromatic heterocycles. The summed E-state index contributed by atoms with van der Waals surface area (Å²) in [5.74, 6) is 1.21. The Morgan fingerprint density at radius 1 is 1.44 bits per heavy atom. The van der Waals surface area contributed by atoms with Gasteiger partial charge in [-0.05, 0) is 38.3 Å². The zero-order valence-corrected chi connectivity index (χ0v) is 11.0. The maximum Gasteiger partial charge on any atom is 0.166 e. The lowest BCUT2D eigenvalue weighted by atomic mass is 9.97. The van der Waals surface area contributed by atoms with Gasteiger partial charge in [0.15, 0.2) is 5.78 Å². The van der Waals surface area contributed by atoms with Gasteiger partial charge in [-0.15, -0.1) is 0 Å². The highest BCUT2D eigenvalue weighted by Gasteiger charge is 2.21. The first-order chi connectivity index (χ1) is 8.66. The average Bonchev–Trinajstić information content (AvgIpc) is 2.81. The van der Waals surface area contributed by atoms with Crippen LogP contribution in [0, 0.1) is 5.92 Å². The quantitative estimate of drug-likeness (QED) is 0.751. The van der Waals surface area contributed by atoms with Gasteiger partial charge in [-0.1, -0.05) is 12.1 Å². The van der Waals surface area contributed by atoms with Crippen molar-refractivity contribution in [3.8, 4) is 5.75 Å². The molecule has 0 N–H and O–H groups in total. The van der Waals surface area contributed by atoms with Crippen LogP contribution >= 0.6 is 0 Å². The molecule has 0 radical (unpaired) electrons. The standard InChI is InChI=1S/C15H20O3/c1-11(2)18-15-6-4-3-5-13(15)14(16)9-12-7-8-17-10-12/h3-6,11-12H,7-10H2,1-2H3. The minimum Gasteiger partial charge on any atom is -0.490 e. The second-order valence-corrected chi connectivity index (χ2v) is 5.02. The Kier molecular flexibility index (Phi) is 4.37. The zero-order chi connectivity index (χ0) is 13.0. The summed E-state index contributed by atoms with van der Waals surface area (Å²) in [5.41, 5.74) is 0.693. The van der Waals surface area contributed by atoms with Crippen LogP contribution in [0.1, 0.15) is 37.0 Å². The summed E-state index contributed by atoms with van der Waals surface area (Å²) in [4.78, 5) is 12.3. The maximum atomic E-state index is 12.3. The van der Waals surface area contributed by atoms with Crippen molar-refractivity contribution in [2.24, 2.45) is 5.92 Å². The molecule has 1 aromatic carbocycles. The molecule has 1 fully saturated rings. The molecule has 2 rings (SSSR count). The van der Waals surface area contributed by atoms with E-state index in [-0.39, 0.29) is 11.9 Å². The molecule has 0 amide bonds. The van der Waals surface area contributed by atoms with Crippen molar-refractivity contribution in [2.45, 2.75) is 32.8 Å². The predicted molar refractivity (Wildman–Crippen MR) is 70.1 cm³/mol. The molecule has 1 heterocycles. The van der Waals surface area contributed by atoms with E-state index < -0.39 is 0 Å². The van der Waals surface area contributed by atoms with Crippen LogP contribution in [0.3, 0.4) is 0 Å². The van der Waals surface area contributed by atoms with Crippen LogP contribution in [0.4, 0.5) is 0 Å². The molecule has 0 aliphatic carbocycles. The van der Waals surface area contributed by atoms with Gasteiger partial charge in [-0.25, -0.2) is 0 Å². The minimum absolute atomic E-state index is 0.0776. The van der Waals surface area contributed by atoms with Crippen molar-refractivity contribution < 1.29 is 14.3 Å². The zero-order valence-electron chi connectivity index (χ0n) is 11.0. The van der Waals surface area contributed by atoms with E-state index in [0.717, 1.165) is 13.0 Å². The predicted octanol–water partition coefficient (Wildman–Crippen LogP) is 3.08. The fourth-order valence-electron chi connectivity index (χ4n) is 2.17. The molecular formula is C15H20O3. The Bertz CT molecular complexity index is 406. The van der Waals surface area contributed by atoms with E-state index in [1.54, 1.807) is 0 Å². The van der Waals surface area contributed by atoms with E-state index in [2.05, 4.69) is 0 Å². The molecule has 98 valence electrons. The largest absolute Gasteiger partial charge is 0.490 e. The maximum absolute atomic E-state index is 12.3. The lowest BCUT2D eigenvalue weighted by Crippen LogP contribution is -2.13. The summed E-state index contributed by atoms with van der Waals surface area (Å²) < 4.78 is 11.0. The summed E-state index contributed by atoms with van der Waals surface area (Å²) in [7, 11) is 0. The molecular weight excluding hydrogens is 228 g/mol. The summed E-state index contributed by atoms with van der Waals surface area (Å²) in [6.45, 7) is 5.42. The molecule has 0 bridgehead atoms. The molecule has 1 aliphatic rings. The van der Waals surface area contributed by atoms with Crippen LogP contribution in [-0.4, -0.2) is 25.1 Å². The fraction of sp³-hybridized carbons (Fsp3) is 0.533. The highest BCUT2D eigenvalue weighted by atomic mass is 16.5. The topological polar surface area (TPSA) is 35.5 Å². The third kappa shape index (κ3) is 3.33. The summed E-state index contributed by atoms with van der Waals surface area (Å²) in [6.07, 6.45) is 1.62. The first-order valence-electron chi connectivity index (χ1n) is 6.53. The Labute approximate surface area is 108 Å². The summed E-state index contributed by atoms with van der Waals surface area (Å²) >= 11 is 0. The van der Waals surface area contributed by atoms with Crippen LogP contribution in [0.15, 0.2) is 24.3 Å². The van der Waals surface area contributed by atoms with E-state index in [1.807, 2.05) is 38.1 Å². The van der Waals surface area contributed by atoms with Crippen molar-refractivity contribution in [3.05, 3.63) is 29.8 Å². The van der Waals surface area contributed by atoms with E-state index in [1.165, 1.54) is 0 Å². The van der Waals surface area contributed by atoms with Crippen molar-refractivity contribution in [3.63, 3.8) is 0 Å². The third-order valence-electron chi connectivity index (χ3n) is 3.05. The lowest BCUT2D eigenvalue weighted by Gasteiger charge is -2.14. The number of ketones is 1. The van der Waals surface area contributed by atoms with Crippen LogP contribution in [0.2, 0.25) is 0 Å². The fourth-order valence-corrected chi connectivity index (χ4v) is 2.17. The number of hydrogen-bond acceptors (Lipinski definition) is 3. The molecule has 0 spiro atoms. The van der Waals surface area contributed by atoms with Gasteiger partial charge in [0.05, 0.1) is 11.7 Å². The number of ether oxygens (including phenoxy) is 2. The Hall–Kier alpha value is -1.35. The monoisotopic (exact) mass is 248 g/mol. The van der Waals surface area contributed by atoms with Crippen LogP contribution < -0.4 is 4.74 Å². The third-order valence-corrected chi connectivity index (χ3v) is 3.05. The Balaban J connectivity index is 2.08. The summed E-state index contributed by atoms with van der Waals surface area (Å²) in [6, 6.07) is 7.48. The first kappa shape index (κ1) is 13.1. The lowest BCUT2D eigenvalue weighted by molar-refractivity contribution is 0.0947. The smallest absolute Gasteiger partial charge is 0.166 e. The number of Topliss-reactive ketones (excluding diaryl/α,β-unsaturated/α-hetero) is 1. The molecule has 3 heteroatoms. The van der Waals surface area contributed by atoms with Gasteiger partial charge >= 0.3 is 0 Å². The normalized spacial score (nSPS) is 19.2. The van der Waals surface area contributed by atoms with Crippen LogP contribution in [-0.2, 0) is 4.74 Å². The number of carbonyl (C=O) groups excluding carboxylic acids is 1.